The zero-order valence-corrected chi connectivity index (χ0v) is 16.4. The molecule has 0 radical (unpaired) electrons. The Balaban J connectivity index is 2.57. The molecule has 0 saturated heterocycles. The molecule has 4 atom stereocenters. The van der Waals surface area contributed by atoms with Crippen molar-refractivity contribution in [3.8, 4) is 6.07 Å². The first-order valence-electron chi connectivity index (χ1n) is 9.33. The van der Waals surface area contributed by atoms with E-state index >= 15 is 0 Å². The summed E-state index contributed by atoms with van der Waals surface area (Å²) in [6.45, 7) is 19.1. The van der Waals surface area contributed by atoms with Gasteiger partial charge in [-0.25, -0.2) is 0 Å². The van der Waals surface area contributed by atoms with Crippen LogP contribution in [0.1, 0.15) is 93.9 Å². The lowest BCUT2D eigenvalue weighted by molar-refractivity contribution is 0.0331. The number of hydrogen-bond acceptors (Lipinski definition) is 1. The summed E-state index contributed by atoms with van der Waals surface area (Å²) < 4.78 is 0. The lowest BCUT2D eigenvalue weighted by Gasteiger charge is -2.47. The lowest BCUT2D eigenvalue weighted by Crippen LogP contribution is -2.38. The van der Waals surface area contributed by atoms with Crippen LogP contribution in [0.25, 0.3) is 0 Å². The highest BCUT2D eigenvalue weighted by Crippen LogP contribution is 2.51. The van der Waals surface area contributed by atoms with Crippen LogP contribution < -0.4 is 0 Å². The second-order valence-corrected chi connectivity index (χ2v) is 10.2. The third kappa shape index (κ3) is 4.74. The molecule has 0 aromatic heterocycles. The zero-order chi connectivity index (χ0) is 17.2. The molecule has 0 N–H and O–H groups in total. The van der Waals surface area contributed by atoms with Crippen LogP contribution in [0.3, 0.4) is 0 Å². The van der Waals surface area contributed by atoms with Gasteiger partial charge in [0.05, 0.1) is 6.07 Å². The Hall–Kier alpha value is -0.510. The average Bonchev–Trinajstić information content (AvgIpc) is 2.29. The molecule has 0 bridgehead atoms. The van der Waals surface area contributed by atoms with Crippen molar-refractivity contribution in [3.05, 3.63) is 0 Å². The number of nitriles is 1. The molecule has 1 fully saturated rings. The molecule has 128 valence electrons. The van der Waals surface area contributed by atoms with Crippen molar-refractivity contribution in [3.63, 3.8) is 0 Å². The van der Waals surface area contributed by atoms with Crippen LogP contribution in [0, 0.1) is 45.3 Å². The molecular formula is C21H39N. The molecule has 1 nitrogen and oxygen atoms in total. The molecular weight excluding hydrogens is 266 g/mol. The molecule has 0 heterocycles. The first-order valence-corrected chi connectivity index (χ1v) is 9.33. The smallest absolute Gasteiger partial charge is 0.0658 e. The fourth-order valence-corrected chi connectivity index (χ4v) is 4.56. The molecule has 1 aliphatic carbocycles. The van der Waals surface area contributed by atoms with E-state index in [2.05, 4.69) is 61.5 Å². The molecule has 1 saturated carbocycles. The fraction of sp³-hybridized carbons (Fsp3) is 0.952. The maximum absolute atomic E-state index is 9.14. The van der Waals surface area contributed by atoms with E-state index < -0.39 is 0 Å². The van der Waals surface area contributed by atoms with Gasteiger partial charge in [0.25, 0.3) is 0 Å². The van der Waals surface area contributed by atoms with Gasteiger partial charge in [-0.05, 0) is 47.3 Å². The predicted octanol–water partition coefficient (Wildman–Crippen LogP) is 6.83. The Kier molecular flexibility index (Phi) is 6.16. The van der Waals surface area contributed by atoms with Crippen LogP contribution in [-0.4, -0.2) is 0 Å². The van der Waals surface area contributed by atoms with E-state index in [1.54, 1.807) is 0 Å². The fourth-order valence-electron chi connectivity index (χ4n) is 4.56. The highest BCUT2D eigenvalue weighted by atomic mass is 14.5. The van der Waals surface area contributed by atoms with Gasteiger partial charge in [0, 0.05) is 5.92 Å². The standard InChI is InChI=1S/C21H39N/c1-9-18-16(13-17(18)14-22)11-10-12-21(8,20(5,6)7)15-19(2,3)4/h16-18H,9-13,15H2,1-8H3. The molecule has 1 rings (SSSR count). The highest BCUT2D eigenvalue weighted by molar-refractivity contribution is 5.00. The molecule has 0 spiro atoms. The van der Waals surface area contributed by atoms with Crippen molar-refractivity contribution in [2.45, 2.75) is 93.9 Å². The van der Waals surface area contributed by atoms with Crippen molar-refractivity contribution in [2.24, 2.45) is 34.0 Å². The summed E-state index contributed by atoms with van der Waals surface area (Å²) in [6, 6.07) is 2.49. The zero-order valence-electron chi connectivity index (χ0n) is 16.4. The lowest BCUT2D eigenvalue weighted by atomic mass is 9.58. The SMILES string of the molecule is CCC1C(C#N)CC1CCCC(C)(CC(C)(C)C)C(C)(C)C. The molecule has 4 unspecified atom stereocenters. The summed E-state index contributed by atoms with van der Waals surface area (Å²) in [4.78, 5) is 0. The molecule has 0 aromatic rings. The molecule has 1 aliphatic rings. The second kappa shape index (κ2) is 6.94. The van der Waals surface area contributed by atoms with Crippen molar-refractivity contribution < 1.29 is 0 Å². The van der Waals surface area contributed by atoms with Crippen LogP contribution in [0.4, 0.5) is 0 Å². The summed E-state index contributed by atoms with van der Waals surface area (Å²) in [6.07, 6.45) is 7.59. The van der Waals surface area contributed by atoms with Gasteiger partial charge in [-0.1, -0.05) is 74.7 Å². The first-order chi connectivity index (χ1) is 9.93. The third-order valence-corrected chi connectivity index (χ3v) is 6.35. The van der Waals surface area contributed by atoms with E-state index in [9.17, 15) is 0 Å². The summed E-state index contributed by atoms with van der Waals surface area (Å²) in [5, 5.41) is 9.14. The number of hydrogen-bond donors (Lipinski definition) is 0. The Bertz CT molecular complexity index is 390. The molecule has 1 heteroatoms. The first kappa shape index (κ1) is 19.5. The Morgan fingerprint density at radius 2 is 1.64 bits per heavy atom. The van der Waals surface area contributed by atoms with Gasteiger partial charge < -0.3 is 0 Å². The maximum Gasteiger partial charge on any atom is 0.0658 e. The van der Waals surface area contributed by atoms with Crippen molar-refractivity contribution in [1.82, 2.24) is 0 Å². The summed E-state index contributed by atoms with van der Waals surface area (Å²) in [5.41, 5.74) is 1.13. The molecule has 22 heavy (non-hydrogen) atoms. The Morgan fingerprint density at radius 1 is 1.05 bits per heavy atom. The Labute approximate surface area is 139 Å². The highest BCUT2D eigenvalue weighted by Gasteiger charge is 2.42. The number of nitrogens with zero attached hydrogens (tertiary/aromatic N) is 1. The van der Waals surface area contributed by atoms with Crippen molar-refractivity contribution >= 4 is 0 Å². The van der Waals surface area contributed by atoms with E-state index in [0.29, 0.717) is 28.1 Å². The van der Waals surface area contributed by atoms with E-state index in [0.717, 1.165) is 12.3 Å². The van der Waals surface area contributed by atoms with Crippen molar-refractivity contribution in [1.29, 1.82) is 5.26 Å². The normalized spacial score (nSPS) is 28.6. The summed E-state index contributed by atoms with van der Waals surface area (Å²) in [5.74, 6) is 1.83. The van der Waals surface area contributed by atoms with Crippen molar-refractivity contribution in [2.75, 3.05) is 0 Å². The minimum absolute atomic E-state index is 0.346. The molecule has 0 aromatic carbocycles. The minimum atomic E-state index is 0.346. The van der Waals surface area contributed by atoms with Crippen LogP contribution in [0.5, 0.6) is 0 Å². The summed E-state index contributed by atoms with van der Waals surface area (Å²) in [7, 11) is 0. The van der Waals surface area contributed by atoms with Crippen LogP contribution in [0.15, 0.2) is 0 Å². The summed E-state index contributed by atoms with van der Waals surface area (Å²) >= 11 is 0. The maximum atomic E-state index is 9.14. The minimum Gasteiger partial charge on any atom is -0.198 e. The third-order valence-electron chi connectivity index (χ3n) is 6.35. The van der Waals surface area contributed by atoms with Gasteiger partial charge in [0.15, 0.2) is 0 Å². The van der Waals surface area contributed by atoms with Gasteiger partial charge in [-0.2, -0.15) is 5.26 Å². The second-order valence-electron chi connectivity index (χ2n) is 10.2. The van der Waals surface area contributed by atoms with Gasteiger partial charge in [-0.3, -0.25) is 0 Å². The van der Waals surface area contributed by atoms with Crippen LogP contribution in [0.2, 0.25) is 0 Å². The van der Waals surface area contributed by atoms with Gasteiger partial charge >= 0.3 is 0 Å². The van der Waals surface area contributed by atoms with E-state index in [-0.39, 0.29) is 0 Å². The largest absolute Gasteiger partial charge is 0.198 e. The molecule has 0 amide bonds. The Morgan fingerprint density at radius 3 is 2.05 bits per heavy atom. The predicted molar refractivity (Wildman–Crippen MR) is 96.5 cm³/mol. The monoisotopic (exact) mass is 305 g/mol. The quantitative estimate of drug-likeness (QED) is 0.527. The van der Waals surface area contributed by atoms with E-state index in [4.69, 9.17) is 5.26 Å². The van der Waals surface area contributed by atoms with E-state index in [1.165, 1.54) is 32.1 Å². The van der Waals surface area contributed by atoms with Gasteiger partial charge in [0.2, 0.25) is 0 Å². The topological polar surface area (TPSA) is 23.8 Å². The van der Waals surface area contributed by atoms with Gasteiger partial charge in [-0.15, -0.1) is 0 Å². The number of rotatable bonds is 6. The van der Waals surface area contributed by atoms with E-state index in [1.807, 2.05) is 0 Å². The van der Waals surface area contributed by atoms with Crippen LogP contribution >= 0.6 is 0 Å². The average molecular weight is 306 g/mol. The van der Waals surface area contributed by atoms with Crippen LogP contribution in [-0.2, 0) is 0 Å². The molecule has 0 aliphatic heterocycles. The van der Waals surface area contributed by atoms with Gasteiger partial charge in [0.1, 0.15) is 0 Å².